The van der Waals surface area contributed by atoms with Crippen LogP contribution < -0.4 is 10.6 Å². The first-order chi connectivity index (χ1) is 18.6. The number of H-pyrrole nitrogens is 1. The number of fused-ring (bicyclic) bond motifs is 1. The molecule has 1 aromatic carbocycles. The minimum atomic E-state index is 0.148. The fourth-order valence-electron chi connectivity index (χ4n) is 4.56. The molecule has 0 fully saturated rings. The van der Waals surface area contributed by atoms with Crippen molar-refractivity contribution in [2.24, 2.45) is 5.41 Å². The van der Waals surface area contributed by atoms with Crippen molar-refractivity contribution >= 4 is 39.2 Å². The summed E-state index contributed by atoms with van der Waals surface area (Å²) in [6.45, 7) is 21.3. The van der Waals surface area contributed by atoms with Gasteiger partial charge < -0.3 is 15.6 Å². The standard InChI is InChI=1S/C33H37N5S/c1-9-23(15-26(10-2)36-21(3)17-33(5,6)7)24-11-12-29(34-8)27(16-24)22(4)32-37-30-19-35-18-28(31(30)38-32)25-13-14-39-20-25/h9-16,18-20,34,36H,2-4,17H2,1,5-8H3,(H,37,38)/b23-9+,26-15+. The average Bonchev–Trinajstić information content (AvgIpc) is 3.59. The zero-order valence-corrected chi connectivity index (χ0v) is 24.3. The number of anilines is 1. The smallest absolute Gasteiger partial charge is 0.138 e. The summed E-state index contributed by atoms with van der Waals surface area (Å²) in [5.41, 5.74) is 10.8. The number of allylic oxidation sites excluding steroid dienone is 5. The van der Waals surface area contributed by atoms with Gasteiger partial charge in [0.1, 0.15) is 5.82 Å². The van der Waals surface area contributed by atoms with Gasteiger partial charge in [0.25, 0.3) is 0 Å². The second-order valence-corrected chi connectivity index (χ2v) is 11.5. The Kier molecular flexibility index (Phi) is 8.36. The molecular weight excluding hydrogens is 498 g/mol. The number of rotatable bonds is 10. The van der Waals surface area contributed by atoms with Gasteiger partial charge in [-0.2, -0.15) is 11.3 Å². The van der Waals surface area contributed by atoms with Crippen molar-refractivity contribution in [3.05, 3.63) is 114 Å². The number of nitrogens with zero attached hydrogens (tertiary/aromatic N) is 2. The first-order valence-corrected chi connectivity index (χ1v) is 13.9. The van der Waals surface area contributed by atoms with Gasteiger partial charge in [-0.25, -0.2) is 4.98 Å². The zero-order chi connectivity index (χ0) is 28.2. The molecule has 0 unspecified atom stereocenters. The Morgan fingerprint density at radius 2 is 1.95 bits per heavy atom. The average molecular weight is 536 g/mol. The van der Waals surface area contributed by atoms with Crippen LogP contribution in [0.4, 0.5) is 5.69 Å². The highest BCUT2D eigenvalue weighted by Crippen LogP contribution is 2.34. The Labute approximate surface area is 235 Å². The third-order valence-corrected chi connectivity index (χ3v) is 7.05. The van der Waals surface area contributed by atoms with Crippen LogP contribution in [0.25, 0.3) is 33.3 Å². The molecule has 0 saturated carbocycles. The first-order valence-electron chi connectivity index (χ1n) is 13.0. The SMILES string of the molecule is C=C/C(=C\C(=C/C)c1ccc(NC)c(C(=C)c2nc3c(-c4ccsc4)cncc3[nH]2)c1)NC(=C)CC(C)(C)C. The molecular formula is C33H37N5S. The molecule has 0 saturated heterocycles. The lowest BCUT2D eigenvalue weighted by atomic mass is 9.91. The van der Waals surface area contributed by atoms with Crippen LogP contribution in [-0.2, 0) is 0 Å². The van der Waals surface area contributed by atoms with Crippen molar-refractivity contribution in [2.75, 3.05) is 12.4 Å². The summed E-state index contributed by atoms with van der Waals surface area (Å²) in [5.74, 6) is 0.715. The van der Waals surface area contributed by atoms with Crippen LogP contribution >= 0.6 is 11.3 Å². The van der Waals surface area contributed by atoms with E-state index in [4.69, 9.17) is 4.98 Å². The molecule has 0 spiro atoms. The molecule has 39 heavy (non-hydrogen) atoms. The Bertz CT molecular complexity index is 1580. The summed E-state index contributed by atoms with van der Waals surface area (Å²) in [7, 11) is 1.92. The number of imidazole rings is 1. The van der Waals surface area contributed by atoms with Gasteiger partial charge in [0, 0.05) is 47.0 Å². The monoisotopic (exact) mass is 535 g/mol. The Morgan fingerprint density at radius 1 is 1.15 bits per heavy atom. The van der Waals surface area contributed by atoms with Gasteiger partial charge >= 0.3 is 0 Å². The fraction of sp³-hybridized carbons (Fsp3) is 0.212. The lowest BCUT2D eigenvalue weighted by Gasteiger charge is -2.21. The van der Waals surface area contributed by atoms with E-state index in [9.17, 15) is 0 Å². The first kappa shape index (κ1) is 27.9. The number of thiophene rings is 1. The molecule has 6 heteroatoms. The van der Waals surface area contributed by atoms with Crippen LogP contribution in [0.3, 0.4) is 0 Å². The summed E-state index contributed by atoms with van der Waals surface area (Å²) in [5, 5.41) is 10.9. The Morgan fingerprint density at radius 3 is 2.59 bits per heavy atom. The van der Waals surface area contributed by atoms with Crippen molar-refractivity contribution in [2.45, 2.75) is 34.1 Å². The third-order valence-electron chi connectivity index (χ3n) is 6.37. The predicted molar refractivity (Wildman–Crippen MR) is 170 cm³/mol. The van der Waals surface area contributed by atoms with Gasteiger partial charge in [0.2, 0.25) is 0 Å². The number of aromatic amines is 1. The van der Waals surface area contributed by atoms with Crippen LogP contribution in [0.2, 0.25) is 0 Å². The summed E-state index contributed by atoms with van der Waals surface area (Å²) in [4.78, 5) is 12.8. The van der Waals surface area contributed by atoms with Gasteiger partial charge in [0.15, 0.2) is 0 Å². The molecule has 0 atom stereocenters. The maximum atomic E-state index is 4.96. The van der Waals surface area contributed by atoms with Crippen LogP contribution in [-0.4, -0.2) is 22.0 Å². The third kappa shape index (κ3) is 6.47. The fourth-order valence-corrected chi connectivity index (χ4v) is 5.22. The van der Waals surface area contributed by atoms with Crippen LogP contribution in [0.15, 0.2) is 96.8 Å². The molecule has 0 aliphatic heterocycles. The highest BCUT2D eigenvalue weighted by molar-refractivity contribution is 7.08. The van der Waals surface area contributed by atoms with E-state index in [2.05, 4.69) is 108 Å². The molecule has 4 aromatic rings. The second-order valence-electron chi connectivity index (χ2n) is 10.7. The maximum Gasteiger partial charge on any atom is 0.138 e. The zero-order valence-electron chi connectivity index (χ0n) is 23.5. The number of pyridine rings is 1. The van der Waals surface area contributed by atoms with E-state index in [1.165, 1.54) is 0 Å². The van der Waals surface area contributed by atoms with Crippen molar-refractivity contribution in [1.29, 1.82) is 0 Å². The van der Waals surface area contributed by atoms with E-state index >= 15 is 0 Å². The van der Waals surface area contributed by atoms with E-state index in [0.29, 0.717) is 5.82 Å². The minimum Gasteiger partial charge on any atom is -0.388 e. The summed E-state index contributed by atoms with van der Waals surface area (Å²) in [6.07, 6.45) is 10.6. The largest absolute Gasteiger partial charge is 0.388 e. The highest BCUT2D eigenvalue weighted by atomic mass is 32.1. The number of hydrogen-bond donors (Lipinski definition) is 3. The second kappa shape index (κ2) is 11.7. The summed E-state index contributed by atoms with van der Waals surface area (Å²) >= 11 is 1.66. The number of benzene rings is 1. The molecule has 200 valence electrons. The molecule has 3 aromatic heterocycles. The van der Waals surface area contributed by atoms with E-state index in [1.54, 1.807) is 11.3 Å². The molecule has 3 heterocycles. The molecule has 5 nitrogen and oxygen atoms in total. The lowest BCUT2D eigenvalue weighted by Crippen LogP contribution is -2.16. The van der Waals surface area contributed by atoms with E-state index < -0.39 is 0 Å². The molecule has 0 aliphatic carbocycles. The molecule has 0 amide bonds. The highest BCUT2D eigenvalue weighted by Gasteiger charge is 2.17. The molecule has 4 rings (SSSR count). The minimum absolute atomic E-state index is 0.148. The quantitative estimate of drug-likeness (QED) is 0.178. The van der Waals surface area contributed by atoms with Crippen molar-refractivity contribution < 1.29 is 0 Å². The topological polar surface area (TPSA) is 65.6 Å². The van der Waals surface area contributed by atoms with Gasteiger partial charge in [-0.15, -0.1) is 0 Å². The summed E-state index contributed by atoms with van der Waals surface area (Å²) in [6, 6.07) is 8.42. The van der Waals surface area contributed by atoms with Crippen LogP contribution in [0.5, 0.6) is 0 Å². The van der Waals surface area contributed by atoms with E-state index in [-0.39, 0.29) is 5.41 Å². The van der Waals surface area contributed by atoms with Crippen LogP contribution in [0.1, 0.15) is 51.1 Å². The maximum absolute atomic E-state index is 4.96. The normalized spacial score (nSPS) is 12.4. The van der Waals surface area contributed by atoms with Gasteiger partial charge in [-0.05, 0) is 76.6 Å². The predicted octanol–water partition coefficient (Wildman–Crippen LogP) is 8.80. The van der Waals surface area contributed by atoms with Gasteiger partial charge in [-0.3, -0.25) is 4.98 Å². The van der Waals surface area contributed by atoms with Crippen molar-refractivity contribution in [3.8, 4) is 11.1 Å². The van der Waals surface area contributed by atoms with E-state index in [1.807, 2.05) is 32.4 Å². The number of aromatic nitrogens is 3. The molecule has 3 N–H and O–H groups in total. The van der Waals surface area contributed by atoms with Gasteiger partial charge in [0.05, 0.1) is 17.2 Å². The Balaban J connectivity index is 1.69. The lowest BCUT2D eigenvalue weighted by molar-refractivity contribution is 0.403. The number of hydrogen-bond acceptors (Lipinski definition) is 5. The molecule has 0 bridgehead atoms. The number of nitrogens with one attached hydrogen (secondary N) is 3. The van der Waals surface area contributed by atoms with Gasteiger partial charge in [-0.1, -0.05) is 52.7 Å². The summed E-state index contributed by atoms with van der Waals surface area (Å²) < 4.78 is 0. The molecule has 0 aliphatic rings. The van der Waals surface area contributed by atoms with Crippen LogP contribution in [0, 0.1) is 5.41 Å². The Hall–Kier alpha value is -4.16. The van der Waals surface area contributed by atoms with E-state index in [0.717, 1.165) is 67.9 Å². The van der Waals surface area contributed by atoms with Crippen molar-refractivity contribution in [3.63, 3.8) is 0 Å². The molecule has 0 radical (unpaired) electrons. The van der Waals surface area contributed by atoms with Crippen molar-refractivity contribution in [1.82, 2.24) is 20.3 Å².